The Labute approximate surface area is 279 Å². The van der Waals surface area contributed by atoms with Gasteiger partial charge in [-0.2, -0.15) is 15.2 Å². The second kappa shape index (κ2) is 12.0. The first-order valence-corrected chi connectivity index (χ1v) is 16.1. The number of anilines is 2. The molecule has 7 rings (SSSR count). The number of fused-ring (bicyclic) bond motifs is 3. The summed E-state index contributed by atoms with van der Waals surface area (Å²) in [4.78, 5) is 16.3. The highest BCUT2D eigenvalue weighted by Gasteiger charge is 2.63. The topological polar surface area (TPSA) is 145 Å². The Bertz CT molecular complexity index is 2070. The molecule has 2 aromatic carbocycles. The molecule has 5 atom stereocenters. The first-order valence-electron chi connectivity index (χ1n) is 16.1. The number of ether oxygens (including phenoxy) is 1. The zero-order chi connectivity index (χ0) is 34.8. The number of nitrogen functional groups attached to an aromatic ring is 1. The van der Waals surface area contributed by atoms with Crippen LogP contribution >= 0.6 is 0 Å². The van der Waals surface area contributed by atoms with E-state index in [2.05, 4.69) is 26.9 Å². The molecule has 0 spiro atoms. The molecule has 0 amide bonds. The van der Waals surface area contributed by atoms with Gasteiger partial charge in [0.05, 0.1) is 23.1 Å². The van der Waals surface area contributed by atoms with Crippen molar-refractivity contribution in [2.45, 2.75) is 68.9 Å². The molecule has 1 saturated carbocycles. The van der Waals surface area contributed by atoms with Gasteiger partial charge in [0.15, 0.2) is 5.82 Å². The summed E-state index contributed by atoms with van der Waals surface area (Å²) in [6.45, 7) is 2.25. The number of rotatable bonds is 9. The van der Waals surface area contributed by atoms with Crippen molar-refractivity contribution in [2.24, 2.45) is 5.92 Å². The number of nitriles is 1. The van der Waals surface area contributed by atoms with Crippen LogP contribution in [-0.2, 0) is 0 Å². The average Bonchev–Trinajstić information content (AvgIpc) is 3.47. The minimum atomic E-state index is -2.99. The van der Waals surface area contributed by atoms with Crippen molar-refractivity contribution in [1.29, 1.82) is 5.26 Å². The van der Waals surface area contributed by atoms with E-state index in [1.165, 1.54) is 24.4 Å². The zero-order valence-corrected chi connectivity index (χ0v) is 26.5. The molecular formula is C35H33F4N7O3. The minimum Gasteiger partial charge on any atom is -0.404 e. The number of halogens is 4. The van der Waals surface area contributed by atoms with E-state index in [0.29, 0.717) is 24.8 Å². The highest BCUT2D eigenvalue weighted by atomic mass is 19.1. The van der Waals surface area contributed by atoms with Crippen molar-refractivity contribution in [3.63, 3.8) is 0 Å². The third-order valence-electron chi connectivity index (χ3n) is 9.95. The molecule has 0 radical (unpaired) electrons. The van der Waals surface area contributed by atoms with E-state index in [1.54, 1.807) is 22.8 Å². The average molecular weight is 676 g/mol. The number of aromatic nitrogens is 3. The summed E-state index contributed by atoms with van der Waals surface area (Å²) in [5.74, 6) is -2.81. The Kier molecular flexibility index (Phi) is 8.01. The lowest BCUT2D eigenvalue weighted by Crippen LogP contribution is -2.62. The molecular weight excluding hydrogens is 642 g/mol. The SMILES string of the molecule is C#Cc1c(F)ccc2cc(N)cc(-c3ncc4c(N(CCC(C)C#N)[C@@H]5CC5F)nc(OC(O)(O)[C@@]56CCCN5CC(F)C6)nc4c3F)c12. The quantitative estimate of drug-likeness (QED) is 0.0985. The van der Waals surface area contributed by atoms with Crippen molar-refractivity contribution >= 4 is 33.2 Å². The van der Waals surface area contributed by atoms with Crippen molar-refractivity contribution in [2.75, 3.05) is 30.3 Å². The van der Waals surface area contributed by atoms with Crippen molar-refractivity contribution < 1.29 is 32.5 Å². The smallest absolute Gasteiger partial charge is 0.344 e. The largest absolute Gasteiger partial charge is 0.404 e. The molecule has 2 aliphatic heterocycles. The number of nitrogens with two attached hydrogens (primary N) is 1. The van der Waals surface area contributed by atoms with Gasteiger partial charge in [0.2, 0.25) is 0 Å². The van der Waals surface area contributed by atoms with Crippen LogP contribution in [0.15, 0.2) is 30.5 Å². The third kappa shape index (κ3) is 5.44. The molecule has 3 unspecified atom stereocenters. The second-order valence-electron chi connectivity index (χ2n) is 13.2. The molecule has 49 heavy (non-hydrogen) atoms. The van der Waals surface area contributed by atoms with Crippen molar-refractivity contribution in [3.8, 4) is 35.7 Å². The van der Waals surface area contributed by atoms with Crippen LogP contribution in [0.5, 0.6) is 6.01 Å². The molecule has 4 aromatic rings. The Morgan fingerprint density at radius 2 is 2.04 bits per heavy atom. The lowest BCUT2D eigenvalue weighted by atomic mass is 9.90. The normalized spacial score (nSPS) is 24.1. The summed E-state index contributed by atoms with van der Waals surface area (Å²) in [7, 11) is 0. The van der Waals surface area contributed by atoms with Crippen LogP contribution in [0.1, 0.15) is 44.6 Å². The van der Waals surface area contributed by atoms with Gasteiger partial charge in [-0.1, -0.05) is 12.0 Å². The van der Waals surface area contributed by atoms with Gasteiger partial charge in [-0.3, -0.25) is 9.88 Å². The number of nitrogens with zero attached hydrogens (tertiary/aromatic N) is 6. The lowest BCUT2D eigenvalue weighted by Gasteiger charge is -2.40. The molecule has 3 fully saturated rings. The van der Waals surface area contributed by atoms with Gasteiger partial charge in [0, 0.05) is 54.7 Å². The standard InChI is InChI=1S/C35H33F4N7O3/c1-3-22-25(37)6-5-19-11-21(41)12-23(28(19)22)30-29(39)31-24(16-42-30)32(46(27-13-26(27)38)10-7-18(2)15-40)44-33(43-31)49-35(47,48)34-8-4-9-45(34)17-20(36)14-34/h1,5-6,11-12,16,18,20,26-27,47-48H,4,7-10,13-14,17,41H2,2H3/t18?,20?,26?,27-,34+/m1/s1. The number of pyridine rings is 1. The summed E-state index contributed by atoms with van der Waals surface area (Å²) in [5.41, 5.74) is 4.15. The van der Waals surface area contributed by atoms with E-state index in [9.17, 15) is 28.6 Å². The van der Waals surface area contributed by atoms with Gasteiger partial charge >= 0.3 is 12.0 Å². The van der Waals surface area contributed by atoms with Gasteiger partial charge in [-0.15, -0.1) is 6.42 Å². The highest BCUT2D eigenvalue weighted by molar-refractivity contribution is 6.03. The number of terminal acetylenes is 1. The maximum atomic E-state index is 16.9. The fourth-order valence-corrected chi connectivity index (χ4v) is 7.39. The third-order valence-corrected chi connectivity index (χ3v) is 9.95. The van der Waals surface area contributed by atoms with Gasteiger partial charge < -0.3 is 25.6 Å². The van der Waals surface area contributed by atoms with E-state index in [4.69, 9.17) is 16.9 Å². The number of alkyl halides is 2. The molecule has 1 aliphatic carbocycles. The van der Waals surface area contributed by atoms with E-state index in [-0.39, 0.29) is 77.0 Å². The predicted octanol–water partition coefficient (Wildman–Crippen LogP) is 4.75. The zero-order valence-electron chi connectivity index (χ0n) is 26.5. The van der Waals surface area contributed by atoms with Crippen LogP contribution in [-0.4, -0.2) is 79.6 Å². The Balaban J connectivity index is 1.43. The lowest BCUT2D eigenvalue weighted by molar-refractivity contribution is -0.349. The van der Waals surface area contributed by atoms with Crippen LogP contribution in [0, 0.1) is 41.2 Å². The monoisotopic (exact) mass is 675 g/mol. The Morgan fingerprint density at radius 1 is 1.27 bits per heavy atom. The molecule has 10 nitrogen and oxygen atoms in total. The fraction of sp³-hybridized carbons (Fsp3) is 0.429. The van der Waals surface area contributed by atoms with Gasteiger partial charge in [-0.25, -0.2) is 17.6 Å². The van der Waals surface area contributed by atoms with Crippen molar-refractivity contribution in [3.05, 3.63) is 47.7 Å². The van der Waals surface area contributed by atoms with Gasteiger partial charge in [0.1, 0.15) is 40.7 Å². The van der Waals surface area contributed by atoms with Gasteiger partial charge in [0.25, 0.3) is 0 Å². The van der Waals surface area contributed by atoms with E-state index in [0.717, 1.165) is 0 Å². The van der Waals surface area contributed by atoms with Crippen LogP contribution in [0.4, 0.5) is 29.1 Å². The molecule has 2 saturated heterocycles. The van der Waals surface area contributed by atoms with Crippen molar-refractivity contribution in [1.82, 2.24) is 19.9 Å². The molecule has 4 heterocycles. The van der Waals surface area contributed by atoms with E-state index >= 15 is 4.39 Å². The number of aliphatic hydroxyl groups is 2. The predicted molar refractivity (Wildman–Crippen MR) is 173 cm³/mol. The summed E-state index contributed by atoms with van der Waals surface area (Å²) >= 11 is 0. The fourth-order valence-electron chi connectivity index (χ4n) is 7.39. The molecule has 2 aromatic heterocycles. The first kappa shape index (κ1) is 32.8. The molecule has 14 heteroatoms. The molecule has 0 bridgehead atoms. The highest BCUT2D eigenvalue weighted by Crippen LogP contribution is 2.47. The maximum absolute atomic E-state index is 16.9. The molecule has 254 valence electrons. The Morgan fingerprint density at radius 3 is 2.76 bits per heavy atom. The minimum absolute atomic E-state index is 0.00704. The number of hydrogen-bond acceptors (Lipinski definition) is 10. The summed E-state index contributed by atoms with van der Waals surface area (Å²) < 4.78 is 66.8. The van der Waals surface area contributed by atoms with Crippen LogP contribution < -0.4 is 15.4 Å². The van der Waals surface area contributed by atoms with E-state index in [1.807, 2.05) is 0 Å². The first-order chi connectivity index (χ1) is 23.4. The summed E-state index contributed by atoms with van der Waals surface area (Å²) in [6, 6.07) is 6.42. The molecule has 4 N–H and O–H groups in total. The number of hydrogen-bond donors (Lipinski definition) is 3. The second-order valence-corrected chi connectivity index (χ2v) is 13.2. The number of benzene rings is 2. The van der Waals surface area contributed by atoms with Crippen LogP contribution in [0.2, 0.25) is 0 Å². The van der Waals surface area contributed by atoms with Gasteiger partial charge in [-0.05, 0) is 56.3 Å². The Hall–Kier alpha value is -4.76. The van der Waals surface area contributed by atoms with Crippen LogP contribution in [0.25, 0.3) is 32.9 Å². The summed E-state index contributed by atoms with van der Waals surface area (Å²) in [6.07, 6.45) is 5.38. The molecule has 3 aliphatic rings. The van der Waals surface area contributed by atoms with E-state index < -0.39 is 53.5 Å². The summed E-state index contributed by atoms with van der Waals surface area (Å²) in [5, 5.41) is 32.9. The maximum Gasteiger partial charge on any atom is 0.344 e. The van der Waals surface area contributed by atoms with Crippen LogP contribution in [0.3, 0.4) is 0 Å².